The third kappa shape index (κ3) is 4.94. The molecular formula is C29H27O3P. The van der Waals surface area contributed by atoms with Gasteiger partial charge in [0.1, 0.15) is 12.4 Å². The van der Waals surface area contributed by atoms with Crippen LogP contribution in [0.15, 0.2) is 103 Å². The summed E-state index contributed by atoms with van der Waals surface area (Å²) in [6.07, 6.45) is 7.87. The maximum atomic E-state index is 10.7. The molecule has 4 heteroatoms. The summed E-state index contributed by atoms with van der Waals surface area (Å²) in [5.41, 5.74) is 6.61. The van der Waals surface area contributed by atoms with Gasteiger partial charge in [-0.05, 0) is 71.1 Å². The molecule has 0 aromatic heterocycles. The molecule has 3 unspecified atom stereocenters. The van der Waals surface area contributed by atoms with Gasteiger partial charge in [0.15, 0.2) is 0 Å². The first kappa shape index (κ1) is 21.7. The minimum atomic E-state index is -0.346. The summed E-state index contributed by atoms with van der Waals surface area (Å²) >= 11 is 0. The predicted octanol–water partition coefficient (Wildman–Crippen LogP) is 7.97. The van der Waals surface area contributed by atoms with E-state index >= 15 is 0 Å². The van der Waals surface area contributed by atoms with Crippen molar-refractivity contribution in [2.45, 2.75) is 31.8 Å². The van der Waals surface area contributed by atoms with Gasteiger partial charge in [0.2, 0.25) is 0 Å². The Labute approximate surface area is 197 Å². The Morgan fingerprint density at radius 2 is 1.73 bits per heavy atom. The highest BCUT2D eigenvalue weighted by molar-refractivity contribution is 7.17. The van der Waals surface area contributed by atoms with Crippen LogP contribution in [-0.2, 0) is 15.9 Å². The van der Waals surface area contributed by atoms with Crippen molar-refractivity contribution in [2.75, 3.05) is 0 Å². The Morgan fingerprint density at radius 1 is 0.939 bits per heavy atom. The average Bonchev–Trinajstić information content (AvgIpc) is 2.87. The quantitative estimate of drug-likeness (QED) is 0.268. The summed E-state index contributed by atoms with van der Waals surface area (Å²) < 4.78 is 21.8. The molecule has 5 rings (SSSR count). The lowest BCUT2D eigenvalue weighted by molar-refractivity contribution is 0.221. The molecule has 3 aromatic rings. The van der Waals surface area contributed by atoms with Crippen molar-refractivity contribution in [3.8, 4) is 5.75 Å². The summed E-state index contributed by atoms with van der Waals surface area (Å²) in [6, 6.07) is 29.2. The largest absolute Gasteiger partial charge is 0.497 e. The highest BCUT2D eigenvalue weighted by Gasteiger charge is 2.38. The van der Waals surface area contributed by atoms with Gasteiger partial charge in [-0.2, -0.15) is 0 Å². The zero-order valence-electron chi connectivity index (χ0n) is 18.5. The van der Waals surface area contributed by atoms with Gasteiger partial charge >= 0.3 is 8.69 Å². The Hall–Kier alpha value is -3.16. The van der Waals surface area contributed by atoms with Gasteiger partial charge in [0.05, 0.1) is 6.26 Å². The fraction of sp³-hybridized carbons (Fsp3) is 0.241. The topological polar surface area (TPSA) is 35.5 Å². The van der Waals surface area contributed by atoms with Gasteiger partial charge in [-0.1, -0.05) is 78.9 Å². The molecule has 3 nitrogen and oxygen atoms in total. The molecule has 33 heavy (non-hydrogen) atoms. The number of hydrogen-bond acceptors (Lipinski definition) is 3. The molecule has 0 heterocycles. The molecule has 3 atom stereocenters. The Bertz CT molecular complexity index is 1150. The number of ether oxygens (including phenoxy) is 1. The minimum absolute atomic E-state index is 0.346. The van der Waals surface area contributed by atoms with E-state index in [1.165, 1.54) is 22.3 Å². The van der Waals surface area contributed by atoms with Gasteiger partial charge in [-0.15, -0.1) is 0 Å². The molecule has 2 aliphatic rings. The Morgan fingerprint density at radius 3 is 2.52 bits per heavy atom. The molecule has 0 spiro atoms. The fourth-order valence-corrected chi connectivity index (χ4v) is 5.50. The predicted molar refractivity (Wildman–Crippen MR) is 132 cm³/mol. The van der Waals surface area contributed by atoms with Crippen LogP contribution in [0.5, 0.6) is 5.75 Å². The first-order valence-corrected chi connectivity index (χ1v) is 12.3. The molecule has 0 saturated heterocycles. The van der Waals surface area contributed by atoms with Crippen molar-refractivity contribution in [2.24, 2.45) is 11.8 Å². The lowest BCUT2D eigenvalue weighted by Gasteiger charge is -2.41. The van der Waals surface area contributed by atoms with Crippen LogP contribution in [0.4, 0.5) is 0 Å². The monoisotopic (exact) mass is 454 g/mol. The van der Waals surface area contributed by atoms with E-state index in [-0.39, 0.29) is 8.69 Å². The fourth-order valence-electron chi connectivity index (χ4n) is 5.30. The number of fused-ring (bicyclic) bond motifs is 2. The first-order chi connectivity index (χ1) is 16.3. The van der Waals surface area contributed by atoms with Crippen LogP contribution in [0.25, 0.3) is 5.57 Å². The van der Waals surface area contributed by atoms with Crippen LogP contribution in [-0.4, -0.2) is 0 Å². The zero-order chi connectivity index (χ0) is 22.5. The summed E-state index contributed by atoms with van der Waals surface area (Å²) in [5.74, 6) is 1.97. The summed E-state index contributed by atoms with van der Waals surface area (Å²) in [4.78, 5) is 0. The molecule has 0 amide bonds. The lowest BCUT2D eigenvalue weighted by atomic mass is 9.63. The average molecular weight is 455 g/mol. The van der Waals surface area contributed by atoms with Crippen LogP contribution < -0.4 is 4.52 Å². The third-order valence-electron chi connectivity index (χ3n) is 6.85. The van der Waals surface area contributed by atoms with Crippen LogP contribution in [0, 0.1) is 11.8 Å². The maximum Gasteiger partial charge on any atom is 0.395 e. The second kappa shape index (κ2) is 10.2. The number of rotatable bonds is 7. The van der Waals surface area contributed by atoms with Gasteiger partial charge in [-0.3, -0.25) is 0 Å². The minimum Gasteiger partial charge on any atom is -0.497 e. The van der Waals surface area contributed by atoms with E-state index in [2.05, 4.69) is 66.7 Å². The molecule has 1 saturated carbocycles. The highest BCUT2D eigenvalue weighted by atomic mass is 31.1. The van der Waals surface area contributed by atoms with Crippen molar-refractivity contribution < 1.29 is 13.8 Å². The van der Waals surface area contributed by atoms with E-state index in [4.69, 9.17) is 9.26 Å². The van der Waals surface area contributed by atoms with Crippen molar-refractivity contribution in [3.63, 3.8) is 0 Å². The van der Waals surface area contributed by atoms with Crippen molar-refractivity contribution >= 4 is 14.3 Å². The van der Waals surface area contributed by atoms with Crippen molar-refractivity contribution in [3.05, 3.63) is 120 Å². The van der Waals surface area contributed by atoms with Crippen molar-refractivity contribution in [1.29, 1.82) is 0 Å². The Kier molecular flexibility index (Phi) is 6.69. The molecule has 3 aromatic carbocycles. The molecule has 0 N–H and O–H groups in total. The van der Waals surface area contributed by atoms with E-state index < -0.39 is 0 Å². The third-order valence-corrected chi connectivity index (χ3v) is 7.13. The van der Waals surface area contributed by atoms with Crippen LogP contribution >= 0.6 is 8.69 Å². The van der Waals surface area contributed by atoms with Gasteiger partial charge in [-0.25, -0.2) is 4.57 Å². The summed E-state index contributed by atoms with van der Waals surface area (Å²) in [7, 11) is -0.346. The maximum absolute atomic E-state index is 10.7. The van der Waals surface area contributed by atoms with Gasteiger partial charge in [0, 0.05) is 5.92 Å². The summed E-state index contributed by atoms with van der Waals surface area (Å²) in [5, 5.41) is 0. The molecule has 1 fully saturated rings. The Balaban J connectivity index is 1.40. The van der Waals surface area contributed by atoms with E-state index in [0.29, 0.717) is 30.1 Å². The molecular weight excluding hydrogens is 427 g/mol. The SMILES string of the molecule is O=POc1cccc(COC=C2CCC3CC2C(c2ccccc2)C=C3c2ccccc2)c1. The van der Waals surface area contributed by atoms with Crippen molar-refractivity contribution in [1.82, 2.24) is 0 Å². The number of allylic oxidation sites excluding steroid dienone is 3. The number of benzene rings is 3. The van der Waals surface area contributed by atoms with E-state index in [1.54, 1.807) is 6.07 Å². The zero-order valence-corrected chi connectivity index (χ0v) is 19.4. The lowest BCUT2D eigenvalue weighted by Crippen LogP contribution is -2.28. The normalized spacial score (nSPS) is 23.2. The van der Waals surface area contributed by atoms with Crippen LogP contribution in [0.3, 0.4) is 0 Å². The first-order valence-electron chi connectivity index (χ1n) is 11.5. The van der Waals surface area contributed by atoms with Crippen LogP contribution in [0.1, 0.15) is 41.9 Å². The smallest absolute Gasteiger partial charge is 0.395 e. The molecule has 2 bridgehead atoms. The molecule has 0 aliphatic heterocycles. The van der Waals surface area contributed by atoms with Crippen LogP contribution in [0.2, 0.25) is 0 Å². The second-order valence-electron chi connectivity index (χ2n) is 8.82. The van der Waals surface area contributed by atoms with Gasteiger partial charge < -0.3 is 9.26 Å². The van der Waals surface area contributed by atoms with E-state index in [0.717, 1.165) is 24.8 Å². The highest BCUT2D eigenvalue weighted by Crippen LogP contribution is 2.51. The second-order valence-corrected chi connectivity index (χ2v) is 9.15. The van der Waals surface area contributed by atoms with Gasteiger partial charge in [0.25, 0.3) is 0 Å². The molecule has 2 aliphatic carbocycles. The standard InChI is InChI=1S/C29H27O3P/c30-33-32-26-13-7-8-21(16-26)19-31-20-25-15-14-24-17-28(25)29(23-11-5-2-6-12-23)18-27(24)22-9-3-1-4-10-22/h1-13,16,18,20,24,28-29H,14-15,17,19H2. The van der Waals surface area contributed by atoms with E-state index in [1.807, 2.05) is 24.5 Å². The van der Waals surface area contributed by atoms with E-state index in [9.17, 15) is 4.57 Å². The number of hydrogen-bond donors (Lipinski definition) is 0. The summed E-state index contributed by atoms with van der Waals surface area (Å²) in [6.45, 7) is 0.466. The molecule has 0 radical (unpaired) electrons. The molecule has 166 valence electrons.